The van der Waals surface area contributed by atoms with E-state index in [4.69, 9.17) is 4.74 Å². The third kappa shape index (κ3) is 4.33. The second kappa shape index (κ2) is 7.28. The van der Waals surface area contributed by atoms with E-state index in [2.05, 4.69) is 10.6 Å². The van der Waals surface area contributed by atoms with Crippen molar-refractivity contribution in [2.75, 3.05) is 10.6 Å². The minimum Gasteiger partial charge on any atom is -0.457 e. The number of anilines is 2. The topological polar surface area (TPSA) is 50.4 Å². The van der Waals surface area contributed by atoms with Gasteiger partial charge in [0.15, 0.2) is 0 Å². The summed E-state index contributed by atoms with van der Waals surface area (Å²) in [7, 11) is 0. The van der Waals surface area contributed by atoms with Crippen LogP contribution in [0.1, 0.15) is 0 Å². The third-order valence-corrected chi connectivity index (χ3v) is 3.17. The molecule has 3 aromatic rings. The molecule has 0 saturated heterocycles. The Labute approximate surface area is 138 Å². The number of benzene rings is 3. The lowest BCUT2D eigenvalue weighted by atomic mass is 10.3. The number of rotatable bonds is 4. The molecule has 2 N–H and O–H groups in total. The number of halogens is 1. The highest BCUT2D eigenvalue weighted by Crippen LogP contribution is 2.22. The highest BCUT2D eigenvalue weighted by molar-refractivity contribution is 5.99. The summed E-state index contributed by atoms with van der Waals surface area (Å²) in [4.78, 5) is 11.9. The maximum absolute atomic E-state index is 13.1. The van der Waals surface area contributed by atoms with Crippen molar-refractivity contribution in [3.63, 3.8) is 0 Å². The van der Waals surface area contributed by atoms with Gasteiger partial charge in [0.1, 0.15) is 17.3 Å². The summed E-state index contributed by atoms with van der Waals surface area (Å²) in [6.45, 7) is 0. The van der Waals surface area contributed by atoms with Crippen LogP contribution in [0.2, 0.25) is 0 Å². The predicted octanol–water partition coefficient (Wildman–Crippen LogP) is 5.26. The molecule has 5 heteroatoms. The van der Waals surface area contributed by atoms with Gasteiger partial charge in [-0.2, -0.15) is 0 Å². The minimum atomic E-state index is -0.447. The van der Waals surface area contributed by atoms with Crippen molar-refractivity contribution in [1.29, 1.82) is 0 Å². The molecule has 3 rings (SSSR count). The molecule has 2 amide bonds. The van der Waals surface area contributed by atoms with E-state index in [0.717, 1.165) is 5.75 Å². The van der Waals surface area contributed by atoms with E-state index in [-0.39, 0.29) is 0 Å². The standard InChI is InChI=1S/C19H15FN2O2/c20-14-5-4-6-16(13-14)22-19(23)21-15-9-11-18(12-10-15)24-17-7-2-1-3-8-17/h1-13H,(H2,21,22,23). The van der Waals surface area contributed by atoms with E-state index in [1.807, 2.05) is 30.3 Å². The van der Waals surface area contributed by atoms with Gasteiger partial charge in [-0.25, -0.2) is 9.18 Å². The molecular formula is C19H15FN2O2. The second-order valence-electron chi connectivity index (χ2n) is 5.03. The summed E-state index contributed by atoms with van der Waals surface area (Å²) in [6, 6.07) is 21.6. The molecule has 0 heterocycles. The SMILES string of the molecule is O=C(Nc1ccc(Oc2ccccc2)cc1)Nc1cccc(F)c1. The molecule has 0 radical (unpaired) electrons. The summed E-state index contributed by atoms with van der Waals surface area (Å²) in [5, 5.41) is 5.24. The first-order valence-electron chi connectivity index (χ1n) is 7.35. The zero-order valence-electron chi connectivity index (χ0n) is 12.7. The van der Waals surface area contributed by atoms with Gasteiger partial charge in [0, 0.05) is 11.4 Å². The van der Waals surface area contributed by atoms with Crippen molar-refractivity contribution in [2.24, 2.45) is 0 Å². The number of ether oxygens (including phenoxy) is 1. The van der Waals surface area contributed by atoms with Crippen molar-refractivity contribution < 1.29 is 13.9 Å². The van der Waals surface area contributed by atoms with E-state index in [1.165, 1.54) is 18.2 Å². The van der Waals surface area contributed by atoms with Gasteiger partial charge in [0.05, 0.1) is 0 Å². The zero-order chi connectivity index (χ0) is 16.8. The Kier molecular flexibility index (Phi) is 4.72. The Hall–Kier alpha value is -3.34. The third-order valence-electron chi connectivity index (χ3n) is 3.17. The maximum atomic E-state index is 13.1. The minimum absolute atomic E-state index is 0.386. The number of para-hydroxylation sites is 1. The number of amides is 2. The molecule has 0 aliphatic rings. The highest BCUT2D eigenvalue weighted by atomic mass is 19.1. The van der Waals surface area contributed by atoms with Crippen LogP contribution in [0.5, 0.6) is 11.5 Å². The molecule has 0 aromatic heterocycles. The van der Waals surface area contributed by atoms with Crippen molar-refractivity contribution in [2.45, 2.75) is 0 Å². The highest BCUT2D eigenvalue weighted by Gasteiger charge is 2.04. The number of carbonyl (C=O) groups excluding carboxylic acids is 1. The lowest BCUT2D eigenvalue weighted by Crippen LogP contribution is -2.19. The summed E-state index contributed by atoms with van der Waals surface area (Å²) in [5.41, 5.74) is 0.987. The van der Waals surface area contributed by atoms with Gasteiger partial charge in [-0.1, -0.05) is 24.3 Å². The Bertz CT molecular complexity index is 820. The zero-order valence-corrected chi connectivity index (χ0v) is 12.7. The molecule has 0 bridgehead atoms. The van der Waals surface area contributed by atoms with E-state index in [9.17, 15) is 9.18 Å². The van der Waals surface area contributed by atoms with Crippen molar-refractivity contribution in [3.05, 3.63) is 84.7 Å². The molecule has 0 unspecified atom stereocenters. The van der Waals surface area contributed by atoms with Gasteiger partial charge in [0.2, 0.25) is 0 Å². The first-order valence-corrected chi connectivity index (χ1v) is 7.35. The molecule has 120 valence electrons. The van der Waals surface area contributed by atoms with Crippen molar-refractivity contribution in [1.82, 2.24) is 0 Å². The fraction of sp³-hybridized carbons (Fsp3) is 0. The Balaban J connectivity index is 1.58. The normalized spacial score (nSPS) is 10.0. The number of nitrogens with one attached hydrogen (secondary N) is 2. The fourth-order valence-corrected chi connectivity index (χ4v) is 2.09. The first-order chi connectivity index (χ1) is 11.7. The average molecular weight is 322 g/mol. The number of hydrogen-bond donors (Lipinski definition) is 2. The lowest BCUT2D eigenvalue weighted by Gasteiger charge is -2.09. The van der Waals surface area contributed by atoms with Crippen LogP contribution in [0.15, 0.2) is 78.9 Å². The van der Waals surface area contributed by atoms with Gasteiger partial charge in [-0.15, -0.1) is 0 Å². The Morgan fingerprint density at radius 3 is 2.12 bits per heavy atom. The molecule has 0 fully saturated rings. The monoisotopic (exact) mass is 322 g/mol. The van der Waals surface area contributed by atoms with Crippen molar-refractivity contribution in [3.8, 4) is 11.5 Å². The Morgan fingerprint density at radius 1 is 0.750 bits per heavy atom. The number of urea groups is 1. The van der Waals surface area contributed by atoms with Gasteiger partial charge >= 0.3 is 6.03 Å². The van der Waals surface area contributed by atoms with Gasteiger partial charge < -0.3 is 15.4 Å². The summed E-state index contributed by atoms with van der Waals surface area (Å²) >= 11 is 0. The molecule has 0 spiro atoms. The molecule has 0 saturated carbocycles. The Morgan fingerprint density at radius 2 is 1.42 bits per heavy atom. The van der Waals surface area contributed by atoms with Gasteiger partial charge in [0.25, 0.3) is 0 Å². The quantitative estimate of drug-likeness (QED) is 0.688. The average Bonchev–Trinajstić information content (AvgIpc) is 2.57. The van der Waals surface area contributed by atoms with E-state index >= 15 is 0 Å². The second-order valence-corrected chi connectivity index (χ2v) is 5.03. The largest absolute Gasteiger partial charge is 0.457 e. The van der Waals surface area contributed by atoms with Crippen LogP contribution in [0.25, 0.3) is 0 Å². The fourth-order valence-electron chi connectivity index (χ4n) is 2.09. The summed E-state index contributed by atoms with van der Waals surface area (Å²) in [6.07, 6.45) is 0. The van der Waals surface area contributed by atoms with Crippen LogP contribution in [0, 0.1) is 5.82 Å². The lowest BCUT2D eigenvalue weighted by molar-refractivity contribution is 0.262. The van der Waals surface area contributed by atoms with Crippen LogP contribution in [0.4, 0.5) is 20.6 Å². The van der Waals surface area contributed by atoms with Crippen molar-refractivity contribution >= 4 is 17.4 Å². The van der Waals surface area contributed by atoms with E-state index in [1.54, 1.807) is 30.3 Å². The van der Waals surface area contributed by atoms with Gasteiger partial charge in [-0.05, 0) is 54.6 Å². The van der Waals surface area contributed by atoms with Crippen LogP contribution < -0.4 is 15.4 Å². The molecule has 0 atom stereocenters. The smallest absolute Gasteiger partial charge is 0.323 e. The number of hydrogen-bond acceptors (Lipinski definition) is 2. The molecule has 0 aliphatic heterocycles. The number of carbonyl (C=O) groups is 1. The van der Waals surface area contributed by atoms with E-state index in [0.29, 0.717) is 17.1 Å². The molecule has 0 aliphatic carbocycles. The summed E-state index contributed by atoms with van der Waals surface area (Å²) < 4.78 is 18.8. The first kappa shape index (κ1) is 15.6. The predicted molar refractivity (Wildman–Crippen MR) is 92.0 cm³/mol. The molecular weight excluding hydrogens is 307 g/mol. The van der Waals surface area contributed by atoms with Crippen LogP contribution in [-0.4, -0.2) is 6.03 Å². The van der Waals surface area contributed by atoms with Crippen LogP contribution in [0.3, 0.4) is 0 Å². The molecule has 24 heavy (non-hydrogen) atoms. The van der Waals surface area contributed by atoms with Crippen LogP contribution in [-0.2, 0) is 0 Å². The van der Waals surface area contributed by atoms with E-state index < -0.39 is 11.8 Å². The summed E-state index contributed by atoms with van der Waals surface area (Å²) in [5.74, 6) is 0.995. The van der Waals surface area contributed by atoms with Gasteiger partial charge in [-0.3, -0.25) is 0 Å². The van der Waals surface area contributed by atoms with Crippen LogP contribution >= 0.6 is 0 Å². The maximum Gasteiger partial charge on any atom is 0.323 e. The molecule has 3 aromatic carbocycles. The molecule has 4 nitrogen and oxygen atoms in total.